The highest BCUT2D eigenvalue weighted by Gasteiger charge is 2.32. The summed E-state index contributed by atoms with van der Waals surface area (Å²) in [5, 5.41) is 24.7. The van der Waals surface area contributed by atoms with Gasteiger partial charge in [-0.2, -0.15) is 11.8 Å². The van der Waals surface area contributed by atoms with Gasteiger partial charge in [0, 0.05) is 42.9 Å². The van der Waals surface area contributed by atoms with Crippen molar-refractivity contribution in [1.82, 2.24) is 5.32 Å². The number of hydrogen-bond acceptors (Lipinski definition) is 8. The standard InChI is InChI=1S/C41H49N3O6S/c42-36-11-7-8-12-37(36)44-40(48)14-4-2-1-3-13-39(47)43-26-33-9-5-6-10-35(33)30-19-21-32(22-20-30)41-49-34(28-51-24-23-45)25-38(50-41)31-17-15-29(27-46)16-18-31/h5-12,15-22,34,38,41,45-46H,1-4,13-14,23-28,42H2,(H,43,47)(H,44,48). The number of ether oxygens (including phenoxy) is 2. The van der Waals surface area contributed by atoms with Gasteiger partial charge in [-0.3, -0.25) is 9.59 Å². The molecule has 4 aromatic rings. The maximum Gasteiger partial charge on any atom is 0.224 e. The summed E-state index contributed by atoms with van der Waals surface area (Å²) in [5.74, 6) is 1.37. The summed E-state index contributed by atoms with van der Waals surface area (Å²) in [7, 11) is 0. The van der Waals surface area contributed by atoms with E-state index in [-0.39, 0.29) is 37.2 Å². The molecule has 0 aromatic heterocycles. The van der Waals surface area contributed by atoms with Gasteiger partial charge >= 0.3 is 0 Å². The van der Waals surface area contributed by atoms with E-state index in [1.165, 1.54) is 0 Å². The van der Waals surface area contributed by atoms with E-state index in [0.29, 0.717) is 42.9 Å². The van der Waals surface area contributed by atoms with Crippen molar-refractivity contribution in [2.24, 2.45) is 0 Å². The van der Waals surface area contributed by atoms with Crippen LogP contribution in [-0.4, -0.2) is 46.2 Å². The predicted molar refractivity (Wildman–Crippen MR) is 204 cm³/mol. The number of amides is 2. The Bertz CT molecular complexity index is 1680. The lowest BCUT2D eigenvalue weighted by Gasteiger charge is -2.36. The van der Waals surface area contributed by atoms with E-state index >= 15 is 0 Å². The number of nitrogens with one attached hydrogen (secondary N) is 2. The summed E-state index contributed by atoms with van der Waals surface area (Å²) in [5.41, 5.74) is 13.0. The minimum Gasteiger partial charge on any atom is -0.397 e. The molecule has 4 aromatic carbocycles. The van der Waals surface area contributed by atoms with E-state index in [1.54, 1.807) is 23.9 Å². The molecule has 270 valence electrons. The highest BCUT2D eigenvalue weighted by molar-refractivity contribution is 7.99. The van der Waals surface area contributed by atoms with Crippen LogP contribution in [0, 0.1) is 0 Å². The lowest BCUT2D eigenvalue weighted by Crippen LogP contribution is -2.31. The van der Waals surface area contributed by atoms with Gasteiger partial charge in [0.2, 0.25) is 11.8 Å². The number of anilines is 2. The zero-order valence-corrected chi connectivity index (χ0v) is 29.8. The number of aliphatic hydroxyl groups excluding tert-OH is 2. The van der Waals surface area contributed by atoms with E-state index in [4.69, 9.17) is 15.2 Å². The minimum absolute atomic E-state index is 0.00321. The average Bonchev–Trinajstić information content (AvgIpc) is 3.16. The number of nitrogen functional groups attached to an aromatic ring is 1. The monoisotopic (exact) mass is 711 g/mol. The minimum atomic E-state index is -0.546. The second-order valence-electron chi connectivity index (χ2n) is 12.8. The van der Waals surface area contributed by atoms with Crippen LogP contribution in [0.4, 0.5) is 11.4 Å². The zero-order chi connectivity index (χ0) is 35.8. The summed E-state index contributed by atoms with van der Waals surface area (Å²) in [6.45, 7) is 0.556. The Balaban J connectivity index is 1.10. The SMILES string of the molecule is Nc1ccccc1NC(=O)CCCCCCC(=O)NCc1ccccc1-c1ccc(C2OC(CSCCO)CC(c3ccc(CO)cc3)O2)cc1. The van der Waals surface area contributed by atoms with E-state index in [9.17, 15) is 19.8 Å². The van der Waals surface area contributed by atoms with E-state index < -0.39 is 6.29 Å². The molecule has 1 saturated heterocycles. The molecular formula is C41H49N3O6S. The van der Waals surface area contributed by atoms with Gasteiger partial charge in [0.05, 0.1) is 36.8 Å². The molecule has 0 radical (unpaired) electrons. The Morgan fingerprint density at radius 3 is 2.20 bits per heavy atom. The maximum atomic E-state index is 12.7. The second kappa shape index (κ2) is 20.0. The summed E-state index contributed by atoms with van der Waals surface area (Å²) in [6.07, 6.45) is 4.10. The smallest absolute Gasteiger partial charge is 0.224 e. The summed E-state index contributed by atoms with van der Waals surface area (Å²) >= 11 is 1.67. The Labute approximate surface area is 305 Å². The fourth-order valence-electron chi connectivity index (χ4n) is 6.11. The number of rotatable bonds is 18. The number of carbonyl (C=O) groups is 2. The molecule has 3 atom stereocenters. The first-order valence-electron chi connectivity index (χ1n) is 17.7. The molecule has 10 heteroatoms. The molecule has 0 bridgehead atoms. The van der Waals surface area contributed by atoms with Crippen molar-refractivity contribution in [2.45, 2.75) is 76.6 Å². The third kappa shape index (κ3) is 11.7. The molecule has 0 aliphatic carbocycles. The van der Waals surface area contributed by atoms with Crippen LogP contribution in [0.2, 0.25) is 0 Å². The summed E-state index contributed by atoms with van der Waals surface area (Å²) in [4.78, 5) is 24.9. The third-order valence-electron chi connectivity index (χ3n) is 8.93. The maximum absolute atomic E-state index is 12.7. The first-order chi connectivity index (χ1) is 24.9. The highest BCUT2D eigenvalue weighted by atomic mass is 32.2. The topological polar surface area (TPSA) is 143 Å². The molecule has 1 aliphatic rings. The molecular weight excluding hydrogens is 663 g/mol. The first kappa shape index (κ1) is 38.1. The van der Waals surface area contributed by atoms with Crippen LogP contribution in [0.5, 0.6) is 0 Å². The molecule has 9 nitrogen and oxygen atoms in total. The average molecular weight is 712 g/mol. The normalized spacial score (nSPS) is 17.2. The fraction of sp³-hybridized carbons (Fsp3) is 0.366. The molecule has 0 spiro atoms. The van der Waals surface area contributed by atoms with E-state index in [1.807, 2.05) is 66.7 Å². The summed E-state index contributed by atoms with van der Waals surface area (Å²) in [6, 6.07) is 31.3. The second-order valence-corrected chi connectivity index (χ2v) is 13.9. The number of para-hydroxylation sites is 2. The van der Waals surface area contributed by atoms with E-state index in [2.05, 4.69) is 28.8 Å². The van der Waals surface area contributed by atoms with Crippen LogP contribution in [0.15, 0.2) is 97.1 Å². The van der Waals surface area contributed by atoms with Crippen LogP contribution < -0.4 is 16.4 Å². The van der Waals surface area contributed by atoms with Gasteiger partial charge in [-0.1, -0.05) is 97.8 Å². The van der Waals surface area contributed by atoms with Gasteiger partial charge in [0.25, 0.3) is 0 Å². The van der Waals surface area contributed by atoms with Crippen molar-refractivity contribution in [3.63, 3.8) is 0 Å². The lowest BCUT2D eigenvalue weighted by molar-refractivity contribution is -0.245. The number of aliphatic hydroxyl groups is 2. The Kier molecular flexibility index (Phi) is 14.9. The van der Waals surface area contributed by atoms with Crippen LogP contribution in [0.25, 0.3) is 11.1 Å². The molecule has 3 unspecified atom stereocenters. The molecule has 1 aliphatic heterocycles. The Morgan fingerprint density at radius 2 is 1.47 bits per heavy atom. The van der Waals surface area contributed by atoms with Gasteiger partial charge in [-0.15, -0.1) is 0 Å². The number of hydrogen-bond donors (Lipinski definition) is 5. The van der Waals surface area contributed by atoms with Crippen molar-refractivity contribution >= 4 is 35.0 Å². The van der Waals surface area contributed by atoms with Gasteiger partial charge in [0.1, 0.15) is 0 Å². The highest BCUT2D eigenvalue weighted by Crippen LogP contribution is 2.39. The Hall–Kier alpha value is -4.19. The quantitative estimate of drug-likeness (QED) is 0.0535. The van der Waals surface area contributed by atoms with Crippen molar-refractivity contribution < 1.29 is 29.3 Å². The molecule has 1 heterocycles. The fourth-order valence-corrected chi connectivity index (χ4v) is 6.88. The zero-order valence-electron chi connectivity index (χ0n) is 29.0. The van der Waals surface area contributed by atoms with Crippen molar-refractivity contribution in [3.8, 4) is 11.1 Å². The van der Waals surface area contributed by atoms with Crippen LogP contribution >= 0.6 is 11.8 Å². The lowest BCUT2D eigenvalue weighted by atomic mass is 9.97. The molecule has 51 heavy (non-hydrogen) atoms. The third-order valence-corrected chi connectivity index (χ3v) is 10.0. The number of thioether (sulfide) groups is 1. The van der Waals surface area contributed by atoms with Gasteiger partial charge in [0.15, 0.2) is 6.29 Å². The number of benzene rings is 4. The first-order valence-corrected chi connectivity index (χ1v) is 18.9. The predicted octanol–water partition coefficient (Wildman–Crippen LogP) is 7.29. The van der Waals surface area contributed by atoms with Crippen molar-refractivity contribution in [1.29, 1.82) is 0 Å². The number of unbranched alkanes of at least 4 members (excludes halogenated alkanes) is 3. The summed E-state index contributed by atoms with van der Waals surface area (Å²) < 4.78 is 12.9. The Morgan fingerprint density at radius 1 is 0.784 bits per heavy atom. The largest absolute Gasteiger partial charge is 0.397 e. The number of nitrogens with two attached hydrogens (primary N) is 1. The van der Waals surface area contributed by atoms with Crippen LogP contribution in [0.1, 0.15) is 79.6 Å². The number of carbonyl (C=O) groups excluding carboxylic acids is 2. The molecule has 0 saturated carbocycles. The molecule has 5 rings (SSSR count). The van der Waals surface area contributed by atoms with Gasteiger partial charge in [-0.05, 0) is 52.8 Å². The van der Waals surface area contributed by atoms with Crippen molar-refractivity contribution in [3.05, 3.63) is 119 Å². The molecule has 6 N–H and O–H groups in total. The van der Waals surface area contributed by atoms with Gasteiger partial charge < -0.3 is 36.1 Å². The molecule has 2 amide bonds. The van der Waals surface area contributed by atoms with Crippen molar-refractivity contribution in [2.75, 3.05) is 29.2 Å². The van der Waals surface area contributed by atoms with Crippen LogP contribution in [0.3, 0.4) is 0 Å². The van der Waals surface area contributed by atoms with Gasteiger partial charge in [-0.25, -0.2) is 0 Å². The molecule has 1 fully saturated rings. The van der Waals surface area contributed by atoms with Crippen LogP contribution in [-0.2, 0) is 32.2 Å². The van der Waals surface area contributed by atoms with E-state index in [0.717, 1.165) is 64.8 Å².